The van der Waals surface area contributed by atoms with Gasteiger partial charge in [-0.25, -0.2) is 12.8 Å². The van der Waals surface area contributed by atoms with Gasteiger partial charge in [-0.15, -0.1) is 11.8 Å². The van der Waals surface area contributed by atoms with E-state index in [1.807, 2.05) is 12.3 Å². The van der Waals surface area contributed by atoms with E-state index >= 15 is 0 Å². The van der Waals surface area contributed by atoms with Crippen molar-refractivity contribution in [1.82, 2.24) is 0 Å². The highest BCUT2D eigenvalue weighted by molar-refractivity contribution is 7.98. The minimum absolute atomic E-state index is 0.0483. The summed E-state index contributed by atoms with van der Waals surface area (Å²) in [6, 6.07) is 8.93. The topological polar surface area (TPSA) is 72.2 Å². The number of anilines is 2. The summed E-state index contributed by atoms with van der Waals surface area (Å²) in [6.07, 6.45) is 1.87. The number of benzene rings is 2. The van der Waals surface area contributed by atoms with E-state index in [9.17, 15) is 12.8 Å². The van der Waals surface area contributed by atoms with Crippen molar-refractivity contribution >= 4 is 44.8 Å². The lowest BCUT2D eigenvalue weighted by Gasteiger charge is -2.11. The van der Waals surface area contributed by atoms with E-state index < -0.39 is 20.7 Å². The van der Waals surface area contributed by atoms with Crippen LogP contribution in [0.15, 0.2) is 46.2 Å². The van der Waals surface area contributed by atoms with Crippen molar-refractivity contribution in [2.24, 2.45) is 0 Å². The summed E-state index contributed by atoms with van der Waals surface area (Å²) in [7, 11) is -4.11. The molecular formula is C13H12ClFN2O2S2. The van der Waals surface area contributed by atoms with Crippen LogP contribution in [0.4, 0.5) is 15.8 Å². The number of nitrogen functional groups attached to an aromatic ring is 1. The van der Waals surface area contributed by atoms with Crippen molar-refractivity contribution in [3.8, 4) is 0 Å². The molecule has 0 heterocycles. The molecular weight excluding hydrogens is 335 g/mol. The Hall–Kier alpha value is -1.44. The van der Waals surface area contributed by atoms with Crippen LogP contribution in [0.5, 0.6) is 0 Å². The molecule has 0 spiro atoms. The number of hydrogen-bond donors (Lipinski definition) is 2. The average molecular weight is 347 g/mol. The molecule has 0 radical (unpaired) electrons. The van der Waals surface area contributed by atoms with Gasteiger partial charge in [-0.05, 0) is 36.6 Å². The van der Waals surface area contributed by atoms with Crippen LogP contribution in [-0.4, -0.2) is 14.7 Å². The van der Waals surface area contributed by atoms with E-state index in [4.69, 9.17) is 17.3 Å². The maximum Gasteiger partial charge on any atom is 0.264 e. The van der Waals surface area contributed by atoms with Gasteiger partial charge in [-0.3, -0.25) is 4.72 Å². The maximum absolute atomic E-state index is 13.9. The molecule has 0 amide bonds. The fraction of sp³-hybridized carbons (Fsp3) is 0.0769. The Morgan fingerprint density at radius 1 is 1.29 bits per heavy atom. The maximum atomic E-state index is 13.9. The molecule has 4 nitrogen and oxygen atoms in total. The van der Waals surface area contributed by atoms with Gasteiger partial charge in [0.25, 0.3) is 10.0 Å². The summed E-state index contributed by atoms with van der Waals surface area (Å²) in [5.74, 6) is -1.02. The molecule has 0 bridgehead atoms. The van der Waals surface area contributed by atoms with Gasteiger partial charge in [0, 0.05) is 15.6 Å². The zero-order chi connectivity index (χ0) is 15.6. The molecule has 0 saturated heterocycles. The molecule has 0 aromatic heterocycles. The predicted molar refractivity (Wildman–Crippen MR) is 84.9 cm³/mol. The number of thioether (sulfide) groups is 1. The third kappa shape index (κ3) is 3.61. The van der Waals surface area contributed by atoms with Crippen LogP contribution in [0.2, 0.25) is 5.02 Å². The second-order valence-corrected chi connectivity index (χ2v) is 7.11. The van der Waals surface area contributed by atoms with Gasteiger partial charge in [-0.2, -0.15) is 0 Å². The van der Waals surface area contributed by atoms with E-state index in [0.717, 1.165) is 17.0 Å². The van der Waals surface area contributed by atoms with Crippen molar-refractivity contribution < 1.29 is 12.8 Å². The summed E-state index contributed by atoms with van der Waals surface area (Å²) in [4.78, 5) is 0.295. The van der Waals surface area contributed by atoms with Gasteiger partial charge in [0.1, 0.15) is 4.90 Å². The first-order valence-corrected chi connectivity index (χ1v) is 8.83. The summed E-state index contributed by atoms with van der Waals surface area (Å²) >= 11 is 7.20. The van der Waals surface area contributed by atoms with E-state index in [-0.39, 0.29) is 10.7 Å². The van der Waals surface area contributed by atoms with Gasteiger partial charge >= 0.3 is 0 Å². The van der Waals surface area contributed by atoms with Crippen LogP contribution in [0.1, 0.15) is 0 Å². The zero-order valence-electron chi connectivity index (χ0n) is 10.9. The SMILES string of the molecule is CSc1cccc(NS(=O)(=O)c2cc(Cl)cc(N)c2F)c1. The van der Waals surface area contributed by atoms with Crippen LogP contribution in [-0.2, 0) is 10.0 Å². The molecule has 3 N–H and O–H groups in total. The molecule has 2 aromatic carbocycles. The average Bonchev–Trinajstić information content (AvgIpc) is 2.42. The smallest absolute Gasteiger partial charge is 0.264 e. The van der Waals surface area contributed by atoms with E-state index in [0.29, 0.717) is 5.69 Å². The fourth-order valence-corrected chi connectivity index (χ4v) is 3.61. The Morgan fingerprint density at radius 3 is 2.67 bits per heavy atom. The van der Waals surface area contributed by atoms with Crippen molar-refractivity contribution in [1.29, 1.82) is 0 Å². The Bertz CT molecular complexity index is 782. The molecule has 8 heteroatoms. The largest absolute Gasteiger partial charge is 0.396 e. The lowest BCUT2D eigenvalue weighted by Crippen LogP contribution is -2.15. The second-order valence-electron chi connectivity index (χ2n) is 4.14. The van der Waals surface area contributed by atoms with Gasteiger partial charge in [-0.1, -0.05) is 17.7 Å². The monoisotopic (exact) mass is 346 g/mol. The summed E-state index contributed by atoms with van der Waals surface area (Å²) in [5, 5.41) is 0.0483. The van der Waals surface area contributed by atoms with Crippen molar-refractivity contribution in [2.45, 2.75) is 9.79 Å². The first kappa shape index (κ1) is 15.9. The number of nitrogens with two attached hydrogens (primary N) is 1. The summed E-state index contributed by atoms with van der Waals surface area (Å²) in [6.45, 7) is 0. The number of nitrogens with one attached hydrogen (secondary N) is 1. The van der Waals surface area contributed by atoms with Gasteiger partial charge in [0.2, 0.25) is 0 Å². The number of hydrogen-bond acceptors (Lipinski definition) is 4. The van der Waals surface area contributed by atoms with Crippen LogP contribution in [0.3, 0.4) is 0 Å². The van der Waals surface area contributed by atoms with E-state index in [2.05, 4.69) is 4.72 Å². The van der Waals surface area contributed by atoms with Gasteiger partial charge in [0.05, 0.1) is 5.69 Å². The Balaban J connectivity index is 2.43. The van der Waals surface area contributed by atoms with Crippen molar-refractivity contribution in [3.63, 3.8) is 0 Å². The predicted octanol–water partition coefficient (Wildman–Crippen LogP) is 3.58. The third-order valence-electron chi connectivity index (χ3n) is 2.64. The Kier molecular flexibility index (Phi) is 4.65. The molecule has 0 aliphatic heterocycles. The molecule has 2 rings (SSSR count). The molecule has 2 aromatic rings. The zero-order valence-corrected chi connectivity index (χ0v) is 13.3. The van der Waals surface area contributed by atoms with Crippen molar-refractivity contribution in [2.75, 3.05) is 16.7 Å². The summed E-state index contributed by atoms with van der Waals surface area (Å²) < 4.78 is 40.7. The normalized spacial score (nSPS) is 11.4. The quantitative estimate of drug-likeness (QED) is 0.655. The third-order valence-corrected chi connectivity index (χ3v) is 4.97. The second kappa shape index (κ2) is 6.13. The highest BCUT2D eigenvalue weighted by Crippen LogP contribution is 2.27. The standard InChI is InChI=1S/C13H12ClFN2O2S2/c1-20-10-4-2-3-9(7-10)17-21(18,19)12-6-8(14)5-11(16)13(12)15/h2-7,17H,16H2,1H3. The Labute approximate surface area is 131 Å². The first-order valence-electron chi connectivity index (χ1n) is 5.75. The lowest BCUT2D eigenvalue weighted by atomic mass is 10.3. The van der Waals surface area contributed by atoms with E-state index in [1.165, 1.54) is 11.8 Å². The highest BCUT2D eigenvalue weighted by atomic mass is 35.5. The lowest BCUT2D eigenvalue weighted by molar-refractivity contribution is 0.573. The van der Waals surface area contributed by atoms with E-state index in [1.54, 1.807) is 18.2 Å². The molecule has 0 unspecified atom stereocenters. The minimum atomic E-state index is -4.11. The first-order chi connectivity index (χ1) is 9.83. The van der Waals surface area contributed by atoms with Gasteiger partial charge < -0.3 is 5.73 Å². The number of rotatable bonds is 4. The number of halogens is 2. The van der Waals surface area contributed by atoms with Crippen LogP contribution in [0.25, 0.3) is 0 Å². The van der Waals surface area contributed by atoms with Gasteiger partial charge in [0.15, 0.2) is 5.82 Å². The summed E-state index contributed by atoms with van der Waals surface area (Å²) in [5.41, 5.74) is 5.42. The molecule has 0 fully saturated rings. The molecule has 0 aliphatic rings. The van der Waals surface area contributed by atoms with Crippen molar-refractivity contribution in [3.05, 3.63) is 47.2 Å². The molecule has 0 aliphatic carbocycles. The fourth-order valence-electron chi connectivity index (χ4n) is 1.68. The molecule has 21 heavy (non-hydrogen) atoms. The molecule has 0 atom stereocenters. The number of sulfonamides is 1. The van der Waals surface area contributed by atoms with Crippen LogP contribution < -0.4 is 10.5 Å². The minimum Gasteiger partial charge on any atom is -0.396 e. The molecule has 112 valence electrons. The molecule has 0 saturated carbocycles. The van der Waals surface area contributed by atoms with Crippen LogP contribution in [0, 0.1) is 5.82 Å². The van der Waals surface area contributed by atoms with Crippen LogP contribution >= 0.6 is 23.4 Å². The Morgan fingerprint density at radius 2 is 2.00 bits per heavy atom. The highest BCUT2D eigenvalue weighted by Gasteiger charge is 2.22.